The third-order valence-electron chi connectivity index (χ3n) is 4.89. The zero-order valence-electron chi connectivity index (χ0n) is 12.4. The maximum Gasteiger partial charge on any atom is 0.119 e. The number of rotatable bonds is 5. The molecule has 1 aliphatic heterocycles. The van der Waals surface area contributed by atoms with Crippen molar-refractivity contribution in [2.45, 2.75) is 50.7 Å². The van der Waals surface area contributed by atoms with Crippen LogP contribution in [-0.2, 0) is 6.54 Å². The molecule has 0 aromatic heterocycles. The fraction of sp³-hybridized carbons (Fsp3) is 0.647. The lowest BCUT2D eigenvalue weighted by Gasteiger charge is -2.26. The number of ether oxygens (including phenoxy) is 1. The molecule has 3 rings (SSSR count). The van der Waals surface area contributed by atoms with E-state index in [-0.39, 0.29) is 0 Å². The van der Waals surface area contributed by atoms with Crippen molar-refractivity contribution in [1.29, 1.82) is 0 Å². The van der Waals surface area contributed by atoms with E-state index in [0.29, 0.717) is 6.04 Å². The van der Waals surface area contributed by atoms with Crippen molar-refractivity contribution in [2.75, 3.05) is 13.7 Å². The molecular formula is C17H26N2O. The Morgan fingerprint density at radius 2 is 2.20 bits per heavy atom. The second kappa shape index (κ2) is 6.59. The molecule has 1 heterocycles. The lowest BCUT2D eigenvalue weighted by molar-refractivity contribution is 0.319. The second-order valence-corrected chi connectivity index (χ2v) is 6.14. The van der Waals surface area contributed by atoms with Crippen molar-refractivity contribution >= 4 is 0 Å². The van der Waals surface area contributed by atoms with Crippen molar-refractivity contribution in [3.8, 4) is 5.75 Å². The Morgan fingerprint density at radius 1 is 1.25 bits per heavy atom. The van der Waals surface area contributed by atoms with Gasteiger partial charge in [0.1, 0.15) is 5.75 Å². The first-order valence-electron chi connectivity index (χ1n) is 7.96. The highest BCUT2D eigenvalue weighted by Crippen LogP contribution is 2.32. The van der Waals surface area contributed by atoms with Crippen LogP contribution in [0, 0.1) is 5.92 Å². The van der Waals surface area contributed by atoms with Gasteiger partial charge in [-0.2, -0.15) is 0 Å². The Morgan fingerprint density at radius 3 is 3.00 bits per heavy atom. The Labute approximate surface area is 122 Å². The van der Waals surface area contributed by atoms with E-state index in [1.54, 1.807) is 7.11 Å². The average molecular weight is 274 g/mol. The molecule has 20 heavy (non-hydrogen) atoms. The molecule has 1 saturated heterocycles. The molecule has 2 aliphatic rings. The zero-order chi connectivity index (χ0) is 13.8. The number of hydrogen-bond acceptors (Lipinski definition) is 3. The minimum absolute atomic E-state index is 0.678. The Bertz CT molecular complexity index is 429. The van der Waals surface area contributed by atoms with Gasteiger partial charge < -0.3 is 15.4 Å². The van der Waals surface area contributed by atoms with Crippen LogP contribution < -0.4 is 15.4 Å². The molecule has 0 amide bonds. The minimum atomic E-state index is 0.678. The van der Waals surface area contributed by atoms with Crippen LogP contribution >= 0.6 is 0 Å². The number of methoxy groups -OCH3 is 1. The van der Waals surface area contributed by atoms with Gasteiger partial charge in [0.2, 0.25) is 0 Å². The summed E-state index contributed by atoms with van der Waals surface area (Å²) in [5, 5.41) is 7.47. The van der Waals surface area contributed by atoms with Gasteiger partial charge in [0, 0.05) is 18.6 Å². The highest BCUT2D eigenvalue weighted by molar-refractivity contribution is 5.28. The third kappa shape index (κ3) is 3.15. The lowest BCUT2D eigenvalue weighted by Crippen LogP contribution is -2.41. The molecule has 1 aliphatic carbocycles. The smallest absolute Gasteiger partial charge is 0.119 e. The topological polar surface area (TPSA) is 33.3 Å². The normalized spacial score (nSPS) is 29.8. The van der Waals surface area contributed by atoms with Crippen LogP contribution in [0.1, 0.15) is 37.7 Å². The number of benzene rings is 1. The predicted molar refractivity (Wildman–Crippen MR) is 82.0 cm³/mol. The van der Waals surface area contributed by atoms with Gasteiger partial charge in [-0.15, -0.1) is 0 Å². The van der Waals surface area contributed by atoms with Gasteiger partial charge in [0.05, 0.1) is 7.11 Å². The van der Waals surface area contributed by atoms with Crippen molar-refractivity contribution in [3.63, 3.8) is 0 Å². The maximum atomic E-state index is 5.29. The van der Waals surface area contributed by atoms with E-state index in [1.807, 2.05) is 6.07 Å². The molecule has 3 atom stereocenters. The monoisotopic (exact) mass is 274 g/mol. The fourth-order valence-corrected chi connectivity index (χ4v) is 3.83. The largest absolute Gasteiger partial charge is 0.497 e. The first-order valence-corrected chi connectivity index (χ1v) is 7.96. The first-order chi connectivity index (χ1) is 9.86. The Hall–Kier alpha value is -1.06. The molecule has 1 saturated carbocycles. The van der Waals surface area contributed by atoms with Crippen LogP contribution in [0.2, 0.25) is 0 Å². The minimum Gasteiger partial charge on any atom is -0.497 e. The molecule has 0 bridgehead atoms. The van der Waals surface area contributed by atoms with Crippen molar-refractivity contribution in [2.24, 2.45) is 5.92 Å². The van der Waals surface area contributed by atoms with E-state index in [1.165, 1.54) is 44.2 Å². The van der Waals surface area contributed by atoms with E-state index < -0.39 is 0 Å². The SMILES string of the molecule is COc1cccc(CNC2CCCC2C2CCCN2)c1. The van der Waals surface area contributed by atoms with Gasteiger partial charge in [0.15, 0.2) is 0 Å². The maximum absolute atomic E-state index is 5.29. The molecule has 1 aromatic rings. The highest BCUT2D eigenvalue weighted by atomic mass is 16.5. The molecule has 0 radical (unpaired) electrons. The van der Waals surface area contributed by atoms with E-state index in [2.05, 4.69) is 28.8 Å². The Balaban J connectivity index is 1.56. The summed E-state index contributed by atoms with van der Waals surface area (Å²) in [5.41, 5.74) is 1.31. The average Bonchev–Trinajstić information content (AvgIpc) is 3.16. The van der Waals surface area contributed by atoms with Crippen LogP contribution in [0.25, 0.3) is 0 Å². The van der Waals surface area contributed by atoms with E-state index in [4.69, 9.17) is 4.74 Å². The standard InChI is InChI=1S/C17H26N2O/c1-20-14-6-2-5-13(11-14)12-19-17-8-3-7-15(17)16-9-4-10-18-16/h2,5-6,11,15-19H,3-4,7-10,12H2,1H3. The van der Waals surface area contributed by atoms with E-state index in [9.17, 15) is 0 Å². The van der Waals surface area contributed by atoms with Gasteiger partial charge in [-0.25, -0.2) is 0 Å². The summed E-state index contributed by atoms with van der Waals surface area (Å²) in [4.78, 5) is 0. The number of nitrogens with one attached hydrogen (secondary N) is 2. The molecule has 2 N–H and O–H groups in total. The summed E-state index contributed by atoms with van der Waals surface area (Å²) < 4.78 is 5.29. The zero-order valence-corrected chi connectivity index (χ0v) is 12.4. The molecular weight excluding hydrogens is 248 g/mol. The van der Waals surface area contributed by atoms with Crippen molar-refractivity contribution in [3.05, 3.63) is 29.8 Å². The van der Waals surface area contributed by atoms with Gasteiger partial charge >= 0.3 is 0 Å². The van der Waals surface area contributed by atoms with E-state index in [0.717, 1.165) is 24.3 Å². The highest BCUT2D eigenvalue weighted by Gasteiger charge is 2.34. The molecule has 3 nitrogen and oxygen atoms in total. The summed E-state index contributed by atoms with van der Waals surface area (Å²) in [7, 11) is 1.73. The molecule has 1 aromatic carbocycles. The number of hydrogen-bond donors (Lipinski definition) is 2. The van der Waals surface area contributed by atoms with Crippen LogP contribution in [0.4, 0.5) is 0 Å². The Kier molecular flexibility index (Phi) is 4.58. The lowest BCUT2D eigenvalue weighted by atomic mass is 9.93. The summed E-state index contributed by atoms with van der Waals surface area (Å²) in [6.45, 7) is 2.16. The molecule has 3 heteroatoms. The fourth-order valence-electron chi connectivity index (χ4n) is 3.83. The molecule has 2 fully saturated rings. The van der Waals surface area contributed by atoms with Crippen LogP contribution in [0.3, 0.4) is 0 Å². The molecule has 110 valence electrons. The van der Waals surface area contributed by atoms with Gasteiger partial charge in [-0.05, 0) is 55.8 Å². The summed E-state index contributed by atoms with van der Waals surface area (Å²) in [6.07, 6.45) is 6.80. The van der Waals surface area contributed by atoms with E-state index >= 15 is 0 Å². The van der Waals surface area contributed by atoms with Crippen LogP contribution in [0.5, 0.6) is 5.75 Å². The molecule has 3 unspecified atom stereocenters. The van der Waals surface area contributed by atoms with Crippen molar-refractivity contribution < 1.29 is 4.74 Å². The van der Waals surface area contributed by atoms with Crippen LogP contribution in [-0.4, -0.2) is 25.7 Å². The van der Waals surface area contributed by atoms with Gasteiger partial charge in [-0.3, -0.25) is 0 Å². The predicted octanol–water partition coefficient (Wildman–Crippen LogP) is 2.71. The first kappa shape index (κ1) is 13.9. The molecule has 0 spiro atoms. The van der Waals surface area contributed by atoms with Crippen molar-refractivity contribution in [1.82, 2.24) is 10.6 Å². The van der Waals surface area contributed by atoms with Crippen LogP contribution in [0.15, 0.2) is 24.3 Å². The quantitative estimate of drug-likeness (QED) is 0.866. The second-order valence-electron chi connectivity index (χ2n) is 6.14. The van der Waals surface area contributed by atoms with Gasteiger partial charge in [0.25, 0.3) is 0 Å². The van der Waals surface area contributed by atoms with Gasteiger partial charge in [-0.1, -0.05) is 18.6 Å². The summed E-state index contributed by atoms with van der Waals surface area (Å²) >= 11 is 0. The third-order valence-corrected chi connectivity index (χ3v) is 4.89. The summed E-state index contributed by atoms with van der Waals surface area (Å²) in [6, 6.07) is 9.81. The summed E-state index contributed by atoms with van der Waals surface area (Å²) in [5.74, 6) is 1.77.